The molecule has 1 aromatic rings. The predicted octanol–water partition coefficient (Wildman–Crippen LogP) is 4.58. The fraction of sp³-hybridized carbons (Fsp3) is 0.389. The van der Waals surface area contributed by atoms with Gasteiger partial charge in [0.25, 0.3) is 0 Å². The lowest BCUT2D eigenvalue weighted by Crippen LogP contribution is -2.04. The third-order valence-corrected chi connectivity index (χ3v) is 3.13. The summed E-state index contributed by atoms with van der Waals surface area (Å²) in [6, 6.07) is 7.34. The van der Waals surface area contributed by atoms with Gasteiger partial charge in [0.2, 0.25) is 0 Å². The molecule has 1 aromatic carbocycles. The zero-order valence-electron chi connectivity index (χ0n) is 13.4. The first-order valence-electron chi connectivity index (χ1n) is 7.24. The molecular formula is C18H25NO2. The van der Waals surface area contributed by atoms with E-state index in [-0.39, 0.29) is 5.97 Å². The van der Waals surface area contributed by atoms with E-state index in [4.69, 9.17) is 4.74 Å². The van der Waals surface area contributed by atoms with E-state index in [1.54, 1.807) is 12.1 Å². The summed E-state index contributed by atoms with van der Waals surface area (Å²) in [4.78, 5) is 11.5. The molecule has 0 aliphatic heterocycles. The SMILES string of the molecule is COC(=O)c1cccc(NCC=C(C)CCC=C(C)C)c1. The molecule has 0 fully saturated rings. The standard InChI is InChI=1S/C18H25NO2/c1-14(2)7-5-8-15(3)11-12-19-17-10-6-9-16(13-17)18(20)21-4/h6-7,9-11,13,19H,5,8,12H2,1-4H3. The van der Waals surface area contributed by atoms with Gasteiger partial charge < -0.3 is 10.1 Å². The lowest BCUT2D eigenvalue weighted by molar-refractivity contribution is 0.0601. The predicted molar refractivity (Wildman–Crippen MR) is 88.7 cm³/mol. The molecule has 0 saturated heterocycles. The van der Waals surface area contributed by atoms with Crippen LogP contribution in [0, 0.1) is 0 Å². The Kier molecular flexibility index (Phi) is 7.30. The second-order valence-electron chi connectivity index (χ2n) is 5.32. The first kappa shape index (κ1) is 17.0. The minimum absolute atomic E-state index is 0.313. The van der Waals surface area contributed by atoms with E-state index in [2.05, 4.69) is 38.2 Å². The van der Waals surface area contributed by atoms with Crippen LogP contribution in [0.1, 0.15) is 44.0 Å². The topological polar surface area (TPSA) is 38.3 Å². The highest BCUT2D eigenvalue weighted by atomic mass is 16.5. The Labute approximate surface area is 127 Å². The van der Waals surface area contributed by atoms with E-state index >= 15 is 0 Å². The number of carbonyl (C=O) groups is 1. The van der Waals surface area contributed by atoms with Crippen LogP contribution in [0.3, 0.4) is 0 Å². The lowest BCUT2D eigenvalue weighted by Gasteiger charge is -2.06. The summed E-state index contributed by atoms with van der Waals surface area (Å²) in [6.45, 7) is 7.14. The maximum Gasteiger partial charge on any atom is 0.337 e. The van der Waals surface area contributed by atoms with E-state index in [0.29, 0.717) is 5.56 Å². The minimum atomic E-state index is -0.313. The first-order chi connectivity index (χ1) is 10.0. The van der Waals surface area contributed by atoms with Crippen molar-refractivity contribution in [1.29, 1.82) is 0 Å². The van der Waals surface area contributed by atoms with Crippen molar-refractivity contribution in [2.45, 2.75) is 33.6 Å². The van der Waals surface area contributed by atoms with E-state index in [1.165, 1.54) is 18.3 Å². The zero-order chi connectivity index (χ0) is 15.7. The second-order valence-corrected chi connectivity index (χ2v) is 5.32. The summed E-state index contributed by atoms with van der Waals surface area (Å²) in [5.74, 6) is -0.313. The maximum atomic E-state index is 11.5. The highest BCUT2D eigenvalue weighted by Gasteiger charge is 2.04. The Balaban J connectivity index is 2.48. The van der Waals surface area contributed by atoms with Gasteiger partial charge in [-0.2, -0.15) is 0 Å². The summed E-state index contributed by atoms with van der Waals surface area (Å²) in [5.41, 5.74) is 4.21. The van der Waals surface area contributed by atoms with Crippen LogP contribution < -0.4 is 5.32 Å². The molecule has 3 heteroatoms. The van der Waals surface area contributed by atoms with Crippen LogP contribution in [0.5, 0.6) is 0 Å². The number of methoxy groups -OCH3 is 1. The van der Waals surface area contributed by atoms with Crippen molar-refractivity contribution in [2.75, 3.05) is 19.0 Å². The quantitative estimate of drug-likeness (QED) is 0.589. The molecule has 0 amide bonds. The molecule has 0 radical (unpaired) electrons. The maximum absolute atomic E-state index is 11.5. The van der Waals surface area contributed by atoms with Gasteiger partial charge in [-0.3, -0.25) is 0 Å². The number of anilines is 1. The van der Waals surface area contributed by atoms with Gasteiger partial charge in [-0.1, -0.05) is 29.4 Å². The summed E-state index contributed by atoms with van der Waals surface area (Å²) in [7, 11) is 1.39. The monoisotopic (exact) mass is 287 g/mol. The molecule has 0 bridgehead atoms. The average Bonchev–Trinajstić information content (AvgIpc) is 2.46. The van der Waals surface area contributed by atoms with Gasteiger partial charge in [0, 0.05) is 12.2 Å². The Morgan fingerprint density at radius 3 is 2.67 bits per heavy atom. The second kappa shape index (κ2) is 9.01. The van der Waals surface area contributed by atoms with Crippen LogP contribution in [0.2, 0.25) is 0 Å². The van der Waals surface area contributed by atoms with Gasteiger partial charge in [-0.15, -0.1) is 0 Å². The molecule has 3 nitrogen and oxygen atoms in total. The number of allylic oxidation sites excluding steroid dienone is 3. The Hall–Kier alpha value is -2.03. The van der Waals surface area contributed by atoms with Crippen molar-refractivity contribution in [3.63, 3.8) is 0 Å². The van der Waals surface area contributed by atoms with Crippen molar-refractivity contribution in [1.82, 2.24) is 0 Å². The smallest absolute Gasteiger partial charge is 0.337 e. The number of ether oxygens (including phenoxy) is 1. The molecule has 0 aliphatic carbocycles. The van der Waals surface area contributed by atoms with E-state index < -0.39 is 0 Å². The molecule has 0 spiro atoms. The van der Waals surface area contributed by atoms with Crippen molar-refractivity contribution < 1.29 is 9.53 Å². The fourth-order valence-corrected chi connectivity index (χ4v) is 1.91. The first-order valence-corrected chi connectivity index (χ1v) is 7.24. The molecule has 0 aliphatic rings. The fourth-order valence-electron chi connectivity index (χ4n) is 1.91. The third kappa shape index (κ3) is 6.80. The van der Waals surface area contributed by atoms with Crippen LogP contribution in [0.25, 0.3) is 0 Å². The number of rotatable bonds is 7. The summed E-state index contributed by atoms with van der Waals surface area (Å²) >= 11 is 0. The molecule has 0 aromatic heterocycles. The number of benzene rings is 1. The van der Waals surface area contributed by atoms with Crippen LogP contribution in [0.15, 0.2) is 47.6 Å². The Morgan fingerprint density at radius 1 is 1.24 bits per heavy atom. The number of nitrogens with one attached hydrogen (secondary N) is 1. The van der Waals surface area contributed by atoms with Crippen LogP contribution in [0.4, 0.5) is 5.69 Å². The van der Waals surface area contributed by atoms with Crippen LogP contribution >= 0.6 is 0 Å². The van der Waals surface area contributed by atoms with Crippen molar-refractivity contribution >= 4 is 11.7 Å². The number of hydrogen-bond donors (Lipinski definition) is 1. The Morgan fingerprint density at radius 2 is 2.00 bits per heavy atom. The van der Waals surface area contributed by atoms with Crippen molar-refractivity contribution in [2.24, 2.45) is 0 Å². The summed E-state index contributed by atoms with van der Waals surface area (Å²) in [6.07, 6.45) is 6.60. The molecule has 0 saturated carbocycles. The van der Waals surface area contributed by atoms with Gasteiger partial charge in [0.15, 0.2) is 0 Å². The molecule has 114 valence electrons. The molecule has 0 unspecified atom stereocenters. The normalized spacial score (nSPS) is 11.0. The number of esters is 1. The van der Waals surface area contributed by atoms with Crippen molar-refractivity contribution in [3.05, 3.63) is 53.1 Å². The van der Waals surface area contributed by atoms with E-state index in [9.17, 15) is 4.79 Å². The van der Waals surface area contributed by atoms with Gasteiger partial charge in [-0.25, -0.2) is 4.79 Å². The average molecular weight is 287 g/mol. The van der Waals surface area contributed by atoms with Crippen molar-refractivity contribution in [3.8, 4) is 0 Å². The Bertz CT molecular complexity index is 526. The van der Waals surface area contributed by atoms with E-state index in [1.807, 2.05) is 12.1 Å². The van der Waals surface area contributed by atoms with Gasteiger partial charge in [-0.05, 0) is 51.8 Å². The molecule has 1 rings (SSSR count). The van der Waals surface area contributed by atoms with Crippen LogP contribution in [-0.2, 0) is 4.74 Å². The zero-order valence-corrected chi connectivity index (χ0v) is 13.4. The number of hydrogen-bond acceptors (Lipinski definition) is 3. The summed E-state index contributed by atoms with van der Waals surface area (Å²) < 4.78 is 4.71. The van der Waals surface area contributed by atoms with Crippen LogP contribution in [-0.4, -0.2) is 19.6 Å². The molecule has 0 heterocycles. The molecule has 1 N–H and O–H groups in total. The minimum Gasteiger partial charge on any atom is -0.465 e. The van der Waals surface area contributed by atoms with Gasteiger partial charge >= 0.3 is 5.97 Å². The highest BCUT2D eigenvalue weighted by molar-refractivity contribution is 5.90. The summed E-state index contributed by atoms with van der Waals surface area (Å²) in [5, 5.41) is 3.29. The molecular weight excluding hydrogens is 262 g/mol. The van der Waals surface area contributed by atoms with Gasteiger partial charge in [0.05, 0.1) is 12.7 Å². The highest BCUT2D eigenvalue weighted by Crippen LogP contribution is 2.12. The van der Waals surface area contributed by atoms with E-state index in [0.717, 1.165) is 25.1 Å². The third-order valence-electron chi connectivity index (χ3n) is 3.13. The number of carbonyl (C=O) groups excluding carboxylic acids is 1. The lowest BCUT2D eigenvalue weighted by atomic mass is 10.1. The molecule has 0 atom stereocenters. The molecule has 21 heavy (non-hydrogen) atoms. The van der Waals surface area contributed by atoms with Gasteiger partial charge in [0.1, 0.15) is 0 Å². The largest absolute Gasteiger partial charge is 0.465 e.